The lowest BCUT2D eigenvalue weighted by Crippen LogP contribution is -2.39. The Morgan fingerprint density at radius 2 is 1.38 bits per heavy atom. The van der Waals surface area contributed by atoms with Crippen LogP contribution in [0.25, 0.3) is 10.8 Å². The first-order chi connectivity index (χ1) is 20.5. The summed E-state index contributed by atoms with van der Waals surface area (Å²) in [6.45, 7) is 6.86. The van der Waals surface area contributed by atoms with Crippen LogP contribution in [-0.4, -0.2) is 35.8 Å². The van der Waals surface area contributed by atoms with Gasteiger partial charge in [-0.2, -0.15) is 0 Å². The molecule has 0 aliphatic heterocycles. The maximum Gasteiger partial charge on any atom is 0.397 e. The molecule has 2 amide bonds. The molecular formula is C36H48N2O4. The van der Waals surface area contributed by atoms with E-state index in [-0.39, 0.29) is 25.1 Å². The van der Waals surface area contributed by atoms with E-state index in [4.69, 9.17) is 4.74 Å². The highest BCUT2D eigenvalue weighted by molar-refractivity contribution is 6.32. The van der Waals surface area contributed by atoms with Crippen LogP contribution in [0.2, 0.25) is 0 Å². The molecular weight excluding hydrogens is 524 g/mol. The fraction of sp³-hybridized carbons (Fsp3) is 0.472. The van der Waals surface area contributed by atoms with Crippen molar-refractivity contribution >= 4 is 28.6 Å². The molecule has 0 aliphatic carbocycles. The molecule has 3 rings (SSSR count). The van der Waals surface area contributed by atoms with E-state index in [1.807, 2.05) is 61.5 Å². The number of esters is 1. The van der Waals surface area contributed by atoms with Crippen molar-refractivity contribution in [2.45, 2.75) is 97.6 Å². The van der Waals surface area contributed by atoms with Crippen LogP contribution in [0.3, 0.4) is 0 Å². The zero-order valence-electron chi connectivity index (χ0n) is 25.7. The lowest BCUT2D eigenvalue weighted by molar-refractivity contribution is -0.161. The molecule has 226 valence electrons. The van der Waals surface area contributed by atoms with Gasteiger partial charge < -0.3 is 15.0 Å². The molecule has 0 saturated heterocycles. The average molecular weight is 573 g/mol. The number of unbranched alkanes of at least 4 members (excludes halogenated alkanes) is 9. The maximum absolute atomic E-state index is 13.2. The highest BCUT2D eigenvalue weighted by atomic mass is 16.5. The summed E-state index contributed by atoms with van der Waals surface area (Å²) in [5.41, 5.74) is 2.36. The van der Waals surface area contributed by atoms with Crippen LogP contribution in [0.1, 0.15) is 113 Å². The fourth-order valence-corrected chi connectivity index (χ4v) is 5.35. The Morgan fingerprint density at radius 3 is 2.05 bits per heavy atom. The first-order valence-corrected chi connectivity index (χ1v) is 15.8. The van der Waals surface area contributed by atoms with Crippen molar-refractivity contribution in [1.29, 1.82) is 0 Å². The number of hydrogen-bond acceptors (Lipinski definition) is 4. The van der Waals surface area contributed by atoms with Crippen molar-refractivity contribution < 1.29 is 19.1 Å². The van der Waals surface area contributed by atoms with E-state index in [0.717, 1.165) is 34.7 Å². The Morgan fingerprint density at radius 1 is 0.762 bits per heavy atom. The zero-order valence-corrected chi connectivity index (χ0v) is 25.7. The number of benzene rings is 3. The molecule has 0 fully saturated rings. The highest BCUT2D eigenvalue weighted by Gasteiger charge is 2.29. The quantitative estimate of drug-likeness (QED) is 0.101. The van der Waals surface area contributed by atoms with Gasteiger partial charge in [0.2, 0.25) is 0 Å². The van der Waals surface area contributed by atoms with Crippen LogP contribution in [0.5, 0.6) is 0 Å². The SMILES string of the molecule is CCCCCCCCCCCCNC(=O)c1ccc(CN(C(=O)C(=O)OCC)C(C)c2cccc3ccccc23)cc1. The van der Waals surface area contributed by atoms with E-state index in [2.05, 4.69) is 12.2 Å². The molecule has 1 unspecified atom stereocenters. The predicted molar refractivity (Wildman–Crippen MR) is 170 cm³/mol. The molecule has 3 aromatic rings. The van der Waals surface area contributed by atoms with E-state index in [9.17, 15) is 14.4 Å². The number of fused-ring (bicyclic) bond motifs is 1. The number of nitrogens with zero attached hydrogens (tertiary/aromatic N) is 1. The van der Waals surface area contributed by atoms with Crippen LogP contribution >= 0.6 is 0 Å². The molecule has 0 heterocycles. The summed E-state index contributed by atoms with van der Waals surface area (Å²) in [7, 11) is 0. The first-order valence-electron chi connectivity index (χ1n) is 15.8. The maximum atomic E-state index is 13.2. The molecule has 1 atom stereocenters. The normalized spacial score (nSPS) is 11.7. The van der Waals surface area contributed by atoms with E-state index in [1.165, 1.54) is 51.4 Å². The summed E-state index contributed by atoms with van der Waals surface area (Å²) >= 11 is 0. The molecule has 1 N–H and O–H groups in total. The second-order valence-corrected chi connectivity index (χ2v) is 11.0. The molecule has 3 aromatic carbocycles. The van der Waals surface area contributed by atoms with Crippen LogP contribution in [0, 0.1) is 0 Å². The Kier molecular flexibility index (Phi) is 14.1. The molecule has 6 nitrogen and oxygen atoms in total. The van der Waals surface area contributed by atoms with Crippen LogP contribution in [-0.2, 0) is 20.9 Å². The Labute approximate surface area is 251 Å². The smallest absolute Gasteiger partial charge is 0.397 e. The fourth-order valence-electron chi connectivity index (χ4n) is 5.35. The summed E-state index contributed by atoms with van der Waals surface area (Å²) in [5, 5.41) is 5.12. The highest BCUT2D eigenvalue weighted by Crippen LogP contribution is 2.29. The van der Waals surface area contributed by atoms with Gasteiger partial charge in [-0.3, -0.25) is 9.59 Å². The average Bonchev–Trinajstić information content (AvgIpc) is 3.01. The topological polar surface area (TPSA) is 75.7 Å². The van der Waals surface area contributed by atoms with E-state index in [0.29, 0.717) is 12.1 Å². The first kappa shape index (κ1) is 32.8. The molecule has 0 aliphatic rings. The minimum atomic E-state index is -0.868. The Balaban J connectivity index is 1.56. The molecule has 0 saturated carbocycles. The lowest BCUT2D eigenvalue weighted by Gasteiger charge is -2.29. The Bertz CT molecular complexity index is 1270. The number of nitrogens with one attached hydrogen (secondary N) is 1. The molecule has 0 bridgehead atoms. The number of carbonyl (C=O) groups excluding carboxylic acids is 3. The van der Waals surface area contributed by atoms with Gasteiger partial charge in [0.15, 0.2) is 0 Å². The lowest BCUT2D eigenvalue weighted by atomic mass is 9.98. The van der Waals surface area contributed by atoms with Gasteiger partial charge in [-0.05, 0) is 54.3 Å². The second-order valence-electron chi connectivity index (χ2n) is 11.0. The van der Waals surface area contributed by atoms with Gasteiger partial charge in [0, 0.05) is 18.7 Å². The van der Waals surface area contributed by atoms with Crippen LogP contribution < -0.4 is 5.32 Å². The van der Waals surface area contributed by atoms with Gasteiger partial charge in [0.1, 0.15) is 0 Å². The third-order valence-electron chi connectivity index (χ3n) is 7.84. The predicted octanol–water partition coefficient (Wildman–Crippen LogP) is 8.14. The molecule has 6 heteroatoms. The van der Waals surface area contributed by atoms with Gasteiger partial charge in [-0.25, -0.2) is 4.79 Å². The summed E-state index contributed by atoms with van der Waals surface area (Å²) in [6, 6.07) is 20.8. The summed E-state index contributed by atoms with van der Waals surface area (Å²) in [4.78, 5) is 40.0. The molecule has 0 radical (unpaired) electrons. The van der Waals surface area contributed by atoms with Crippen molar-refractivity contribution in [2.24, 2.45) is 0 Å². The number of carbonyl (C=O) groups is 3. The van der Waals surface area contributed by atoms with E-state index >= 15 is 0 Å². The third-order valence-corrected chi connectivity index (χ3v) is 7.84. The monoisotopic (exact) mass is 572 g/mol. The van der Waals surface area contributed by atoms with Crippen molar-refractivity contribution in [3.63, 3.8) is 0 Å². The molecule has 42 heavy (non-hydrogen) atoms. The van der Waals surface area contributed by atoms with Crippen molar-refractivity contribution in [3.8, 4) is 0 Å². The van der Waals surface area contributed by atoms with Crippen LogP contribution in [0.4, 0.5) is 0 Å². The number of amides is 2. The van der Waals surface area contributed by atoms with Gasteiger partial charge in [0.25, 0.3) is 5.91 Å². The van der Waals surface area contributed by atoms with Crippen molar-refractivity contribution in [2.75, 3.05) is 13.2 Å². The Hall–Kier alpha value is -3.67. The molecule has 0 aromatic heterocycles. The number of ether oxygens (including phenoxy) is 1. The van der Waals surface area contributed by atoms with Gasteiger partial charge in [-0.1, -0.05) is 119 Å². The van der Waals surface area contributed by atoms with Crippen molar-refractivity contribution in [3.05, 3.63) is 83.4 Å². The number of rotatable bonds is 17. The van der Waals surface area contributed by atoms with E-state index in [1.54, 1.807) is 24.0 Å². The van der Waals surface area contributed by atoms with Crippen molar-refractivity contribution in [1.82, 2.24) is 10.2 Å². The van der Waals surface area contributed by atoms with Gasteiger partial charge in [0.05, 0.1) is 12.6 Å². The second kappa shape index (κ2) is 18.0. The van der Waals surface area contributed by atoms with Crippen LogP contribution in [0.15, 0.2) is 66.7 Å². The largest absolute Gasteiger partial charge is 0.459 e. The minimum Gasteiger partial charge on any atom is -0.459 e. The minimum absolute atomic E-state index is 0.0962. The number of hydrogen-bond donors (Lipinski definition) is 1. The van der Waals surface area contributed by atoms with Gasteiger partial charge in [-0.15, -0.1) is 0 Å². The van der Waals surface area contributed by atoms with E-state index < -0.39 is 11.9 Å². The summed E-state index contributed by atoms with van der Waals surface area (Å²) in [6.07, 6.45) is 12.6. The third kappa shape index (κ3) is 10.0. The summed E-state index contributed by atoms with van der Waals surface area (Å²) in [5.74, 6) is -1.65. The van der Waals surface area contributed by atoms with Gasteiger partial charge >= 0.3 is 11.9 Å². The molecule has 0 spiro atoms. The zero-order chi connectivity index (χ0) is 30.2. The summed E-state index contributed by atoms with van der Waals surface area (Å²) < 4.78 is 5.06. The standard InChI is InChI=1S/C36H48N2O4/c1-4-6-7-8-9-10-11-12-13-16-26-37-34(39)31-24-22-29(23-25-31)27-38(35(40)36(41)42-5-2)28(3)32-21-17-19-30-18-14-15-20-33(30)32/h14-15,17-25,28H,4-13,16,26-27H2,1-3H3,(H,37,39).